The Morgan fingerprint density at radius 3 is 2.17 bits per heavy atom. The number of carbonyl (C=O) groups excluding carboxylic acids is 3. The van der Waals surface area contributed by atoms with Crippen LogP contribution in [0.4, 0.5) is 11.4 Å². The number of benzene rings is 2. The molecule has 2 aliphatic heterocycles. The van der Waals surface area contributed by atoms with E-state index in [2.05, 4.69) is 21.6 Å². The summed E-state index contributed by atoms with van der Waals surface area (Å²) < 4.78 is 0. The Labute approximate surface area is 236 Å². The van der Waals surface area contributed by atoms with Crippen LogP contribution in [-0.4, -0.2) is 79.9 Å². The zero-order valence-electron chi connectivity index (χ0n) is 23.0. The van der Waals surface area contributed by atoms with Crippen LogP contribution in [-0.2, 0) is 4.79 Å². The fourth-order valence-electron chi connectivity index (χ4n) is 5.90. The van der Waals surface area contributed by atoms with Crippen molar-refractivity contribution in [1.29, 1.82) is 5.26 Å². The van der Waals surface area contributed by atoms with Crippen LogP contribution in [0.1, 0.15) is 64.8 Å². The van der Waals surface area contributed by atoms with Crippen LogP contribution >= 0.6 is 0 Å². The van der Waals surface area contributed by atoms with Crippen LogP contribution in [0.15, 0.2) is 42.5 Å². The molecule has 2 aromatic carbocycles. The molecule has 0 radical (unpaired) electrons. The number of amides is 3. The molecule has 3 amide bonds. The Balaban J connectivity index is 1.32. The maximum Gasteiger partial charge on any atom is 0.253 e. The van der Waals surface area contributed by atoms with Crippen LogP contribution in [0.25, 0.3) is 0 Å². The van der Waals surface area contributed by atoms with Crippen molar-refractivity contribution in [1.82, 2.24) is 15.1 Å². The summed E-state index contributed by atoms with van der Waals surface area (Å²) in [5.74, 6) is -0.0391. The molecule has 9 nitrogen and oxygen atoms in total. The van der Waals surface area contributed by atoms with E-state index in [0.717, 1.165) is 50.9 Å². The number of piperazine rings is 1. The second-order valence-corrected chi connectivity index (χ2v) is 10.9. The van der Waals surface area contributed by atoms with Gasteiger partial charge < -0.3 is 25.3 Å². The normalized spacial score (nSPS) is 18.5. The van der Waals surface area contributed by atoms with Crippen molar-refractivity contribution in [3.8, 4) is 6.07 Å². The molecular formula is C31H38N6O3. The third kappa shape index (κ3) is 6.45. The molecule has 40 heavy (non-hydrogen) atoms. The van der Waals surface area contributed by atoms with Crippen molar-refractivity contribution in [2.24, 2.45) is 5.92 Å². The first kappa shape index (κ1) is 27.7. The molecule has 0 aromatic heterocycles. The molecule has 1 aliphatic carbocycles. The summed E-state index contributed by atoms with van der Waals surface area (Å²) in [6.07, 6.45) is 6.03. The SMILES string of the molecule is N#Cc1ccc(C(=O)N2CCN(c3ccc(C(=O)N4CCCNCC4)cc3NC(=O)C3CCCCC3)CC2)cc1. The summed E-state index contributed by atoms with van der Waals surface area (Å²) in [6.45, 7) is 5.36. The molecule has 0 unspecified atom stereocenters. The van der Waals surface area contributed by atoms with Crippen LogP contribution < -0.4 is 15.5 Å². The van der Waals surface area contributed by atoms with Gasteiger partial charge in [0.2, 0.25) is 5.91 Å². The number of carbonyl (C=O) groups is 3. The second-order valence-electron chi connectivity index (χ2n) is 10.9. The molecule has 2 aromatic rings. The lowest BCUT2D eigenvalue weighted by atomic mass is 9.88. The molecule has 5 rings (SSSR count). The predicted molar refractivity (Wildman–Crippen MR) is 154 cm³/mol. The Kier molecular flexibility index (Phi) is 8.97. The van der Waals surface area contributed by atoms with Gasteiger partial charge in [0.25, 0.3) is 11.8 Å². The quantitative estimate of drug-likeness (QED) is 0.599. The maximum atomic E-state index is 13.4. The summed E-state index contributed by atoms with van der Waals surface area (Å²) in [5.41, 5.74) is 3.22. The van der Waals surface area contributed by atoms with E-state index in [4.69, 9.17) is 5.26 Å². The first-order valence-electron chi connectivity index (χ1n) is 14.5. The van der Waals surface area contributed by atoms with Gasteiger partial charge in [0.15, 0.2) is 0 Å². The average molecular weight is 543 g/mol. The minimum atomic E-state index is -0.0529. The lowest BCUT2D eigenvalue weighted by molar-refractivity contribution is -0.120. The number of rotatable bonds is 5. The van der Waals surface area contributed by atoms with Crippen LogP contribution in [0.2, 0.25) is 0 Å². The highest BCUT2D eigenvalue weighted by atomic mass is 16.2. The lowest BCUT2D eigenvalue weighted by Gasteiger charge is -2.37. The van der Waals surface area contributed by atoms with Crippen molar-refractivity contribution in [2.45, 2.75) is 38.5 Å². The smallest absolute Gasteiger partial charge is 0.253 e. The third-order valence-corrected chi connectivity index (χ3v) is 8.27. The van der Waals surface area contributed by atoms with Crippen LogP contribution in [0.5, 0.6) is 0 Å². The van der Waals surface area contributed by atoms with Crippen molar-refractivity contribution in [3.05, 3.63) is 59.2 Å². The second kappa shape index (κ2) is 13.0. The Morgan fingerprint density at radius 2 is 1.45 bits per heavy atom. The van der Waals surface area contributed by atoms with Gasteiger partial charge in [-0.05, 0) is 68.3 Å². The van der Waals surface area contributed by atoms with Gasteiger partial charge >= 0.3 is 0 Å². The Morgan fingerprint density at radius 1 is 0.775 bits per heavy atom. The average Bonchev–Trinajstić information content (AvgIpc) is 3.31. The molecule has 2 saturated heterocycles. The van der Waals surface area contributed by atoms with Gasteiger partial charge in [-0.2, -0.15) is 5.26 Å². The van der Waals surface area contributed by atoms with E-state index in [9.17, 15) is 14.4 Å². The molecule has 3 aliphatic rings. The fourth-order valence-corrected chi connectivity index (χ4v) is 5.90. The van der Waals surface area contributed by atoms with E-state index >= 15 is 0 Å². The monoisotopic (exact) mass is 542 g/mol. The van der Waals surface area contributed by atoms with E-state index < -0.39 is 0 Å². The maximum absolute atomic E-state index is 13.4. The van der Waals surface area contributed by atoms with Gasteiger partial charge in [0, 0.05) is 62.9 Å². The zero-order valence-corrected chi connectivity index (χ0v) is 23.0. The van der Waals surface area contributed by atoms with E-state index in [-0.39, 0.29) is 23.6 Å². The van der Waals surface area contributed by atoms with Gasteiger partial charge in [-0.25, -0.2) is 0 Å². The summed E-state index contributed by atoms with van der Waals surface area (Å²) >= 11 is 0. The fraction of sp³-hybridized carbons (Fsp3) is 0.484. The predicted octanol–water partition coefficient (Wildman–Crippen LogP) is 3.47. The van der Waals surface area contributed by atoms with Crippen LogP contribution in [0.3, 0.4) is 0 Å². The van der Waals surface area contributed by atoms with E-state index in [1.165, 1.54) is 6.42 Å². The first-order valence-corrected chi connectivity index (χ1v) is 14.5. The minimum absolute atomic E-state index is 0.000436. The van der Waals surface area contributed by atoms with Gasteiger partial charge in [-0.3, -0.25) is 14.4 Å². The third-order valence-electron chi connectivity index (χ3n) is 8.27. The molecule has 0 atom stereocenters. The first-order chi connectivity index (χ1) is 19.5. The van der Waals surface area contributed by atoms with Crippen molar-refractivity contribution < 1.29 is 14.4 Å². The number of anilines is 2. The van der Waals surface area contributed by atoms with E-state index in [0.29, 0.717) is 61.6 Å². The number of nitriles is 1. The highest BCUT2D eigenvalue weighted by Crippen LogP contribution is 2.32. The molecule has 2 N–H and O–H groups in total. The molecule has 1 saturated carbocycles. The summed E-state index contributed by atoms with van der Waals surface area (Å²) in [6, 6.07) is 14.4. The minimum Gasteiger partial charge on any atom is -0.366 e. The van der Waals surface area contributed by atoms with Crippen LogP contribution in [0, 0.1) is 17.2 Å². The van der Waals surface area contributed by atoms with Gasteiger partial charge in [-0.15, -0.1) is 0 Å². The number of hydrogen-bond acceptors (Lipinski definition) is 6. The topological polar surface area (TPSA) is 109 Å². The molecule has 9 heteroatoms. The Bertz CT molecular complexity index is 1250. The molecule has 3 fully saturated rings. The van der Waals surface area contributed by atoms with Crippen molar-refractivity contribution in [2.75, 3.05) is 62.6 Å². The number of nitrogens with zero attached hydrogens (tertiary/aromatic N) is 4. The summed E-state index contributed by atoms with van der Waals surface area (Å²) in [7, 11) is 0. The number of hydrogen-bond donors (Lipinski definition) is 2. The standard InChI is InChI=1S/C31H38N6O3/c32-22-23-7-9-25(10-8-23)30(39)37-19-17-35(18-20-37)28-12-11-26(31(40)36-15-4-13-33-14-16-36)21-27(28)34-29(38)24-5-2-1-3-6-24/h7-12,21,24,33H,1-6,13-20H2,(H,34,38). The lowest BCUT2D eigenvalue weighted by Crippen LogP contribution is -2.49. The van der Waals surface area contributed by atoms with Gasteiger partial charge in [0.05, 0.1) is 23.0 Å². The molecule has 210 valence electrons. The Hall–Kier alpha value is -3.90. The molecule has 2 heterocycles. The molecular weight excluding hydrogens is 504 g/mol. The number of nitrogens with one attached hydrogen (secondary N) is 2. The van der Waals surface area contributed by atoms with E-state index in [1.807, 2.05) is 28.0 Å². The highest BCUT2D eigenvalue weighted by molar-refractivity contribution is 6.01. The van der Waals surface area contributed by atoms with Gasteiger partial charge in [0.1, 0.15) is 0 Å². The van der Waals surface area contributed by atoms with Crippen molar-refractivity contribution >= 4 is 29.1 Å². The van der Waals surface area contributed by atoms with E-state index in [1.54, 1.807) is 24.3 Å². The zero-order chi connectivity index (χ0) is 27.9. The van der Waals surface area contributed by atoms with Gasteiger partial charge in [-0.1, -0.05) is 19.3 Å². The molecule has 0 spiro atoms. The highest BCUT2D eigenvalue weighted by Gasteiger charge is 2.27. The molecule has 0 bridgehead atoms. The summed E-state index contributed by atoms with van der Waals surface area (Å²) in [5, 5.41) is 15.6. The largest absolute Gasteiger partial charge is 0.366 e. The van der Waals surface area contributed by atoms with Crippen molar-refractivity contribution in [3.63, 3.8) is 0 Å². The summed E-state index contributed by atoms with van der Waals surface area (Å²) in [4.78, 5) is 45.6.